The molecule has 0 aliphatic carbocycles. The highest BCUT2D eigenvalue weighted by atomic mass is 79.9. The van der Waals surface area contributed by atoms with Crippen LogP contribution in [0.4, 0.5) is 4.39 Å². The van der Waals surface area contributed by atoms with Gasteiger partial charge in [-0.1, -0.05) is 12.1 Å². The van der Waals surface area contributed by atoms with E-state index in [1.165, 1.54) is 25.3 Å². The maximum atomic E-state index is 13.2. The van der Waals surface area contributed by atoms with Crippen LogP contribution in [0.25, 0.3) is 6.08 Å². The molecule has 0 aliphatic heterocycles. The van der Waals surface area contributed by atoms with Crippen LogP contribution in [-0.4, -0.2) is 7.11 Å². The number of allylic oxidation sites excluding steroid dienone is 1. The number of hydrogen-bond donors (Lipinski definition) is 0. The largest absolute Gasteiger partial charge is 0.493 e. The summed E-state index contributed by atoms with van der Waals surface area (Å²) in [6.45, 7) is 0.222. The van der Waals surface area contributed by atoms with Crippen LogP contribution in [0, 0.1) is 17.1 Å². The van der Waals surface area contributed by atoms with E-state index in [0.717, 1.165) is 11.1 Å². The van der Waals surface area contributed by atoms with Gasteiger partial charge in [-0.05, 0) is 57.4 Å². The van der Waals surface area contributed by atoms with E-state index in [2.05, 4.69) is 15.9 Å². The molecule has 0 aromatic heterocycles. The van der Waals surface area contributed by atoms with E-state index in [0.29, 0.717) is 16.0 Å². The van der Waals surface area contributed by atoms with Crippen molar-refractivity contribution in [2.45, 2.75) is 6.61 Å². The second-order valence-corrected chi connectivity index (χ2v) is 5.27. The summed E-state index contributed by atoms with van der Waals surface area (Å²) >= 11 is 3.42. The van der Waals surface area contributed by atoms with Gasteiger partial charge < -0.3 is 9.47 Å². The number of methoxy groups -OCH3 is 1. The highest BCUT2D eigenvalue weighted by Gasteiger charge is 2.11. The monoisotopic (exact) mass is 361 g/mol. The first-order valence-corrected chi connectivity index (χ1v) is 7.24. The smallest absolute Gasteiger partial charge is 0.175 e. The van der Waals surface area contributed by atoms with Gasteiger partial charge in [-0.3, -0.25) is 0 Å². The molecule has 0 saturated heterocycles. The number of benzene rings is 2. The number of halogens is 2. The van der Waals surface area contributed by atoms with Crippen LogP contribution in [0.3, 0.4) is 0 Å². The first-order chi connectivity index (χ1) is 10.6. The lowest BCUT2D eigenvalue weighted by molar-refractivity contribution is 0.282. The molecule has 0 saturated carbocycles. The third-order valence-electron chi connectivity index (χ3n) is 2.87. The molecule has 0 atom stereocenters. The first-order valence-electron chi connectivity index (χ1n) is 6.45. The summed E-state index contributed by atoms with van der Waals surface area (Å²) in [5.74, 6) is 0.758. The van der Waals surface area contributed by atoms with Crippen LogP contribution >= 0.6 is 15.9 Å². The molecular weight excluding hydrogens is 349 g/mol. The van der Waals surface area contributed by atoms with Crippen molar-refractivity contribution in [1.29, 1.82) is 5.26 Å². The van der Waals surface area contributed by atoms with E-state index in [4.69, 9.17) is 14.7 Å². The van der Waals surface area contributed by atoms with Gasteiger partial charge in [0, 0.05) is 6.08 Å². The molecule has 2 aromatic carbocycles. The van der Waals surface area contributed by atoms with E-state index < -0.39 is 0 Å². The Morgan fingerprint density at radius 2 is 2.14 bits per heavy atom. The zero-order valence-electron chi connectivity index (χ0n) is 11.8. The molecule has 0 unspecified atom stereocenters. The van der Waals surface area contributed by atoms with Crippen molar-refractivity contribution in [2.24, 2.45) is 0 Å². The van der Waals surface area contributed by atoms with Crippen LogP contribution in [0.1, 0.15) is 11.1 Å². The van der Waals surface area contributed by atoms with Gasteiger partial charge in [0.1, 0.15) is 12.4 Å². The van der Waals surface area contributed by atoms with Gasteiger partial charge in [-0.15, -0.1) is 0 Å². The van der Waals surface area contributed by atoms with E-state index in [1.54, 1.807) is 24.3 Å². The van der Waals surface area contributed by atoms with Crippen molar-refractivity contribution < 1.29 is 13.9 Å². The molecule has 0 fully saturated rings. The van der Waals surface area contributed by atoms with Gasteiger partial charge in [0.2, 0.25) is 0 Å². The zero-order valence-corrected chi connectivity index (χ0v) is 13.4. The standard InChI is InChI=1S/C17H13BrFNO2/c1-21-16-10-12(5-3-7-20)9-15(18)17(16)22-11-13-4-2-6-14(19)8-13/h2-6,8-10H,11H2,1H3/b5-3+. The minimum Gasteiger partial charge on any atom is -0.493 e. The van der Waals surface area contributed by atoms with Crippen LogP contribution in [0.2, 0.25) is 0 Å². The van der Waals surface area contributed by atoms with Crippen molar-refractivity contribution in [3.8, 4) is 17.6 Å². The number of rotatable bonds is 5. The Hall–Kier alpha value is -2.32. The number of nitriles is 1. The van der Waals surface area contributed by atoms with Crippen molar-refractivity contribution in [3.05, 3.63) is 63.9 Å². The van der Waals surface area contributed by atoms with E-state index in [1.807, 2.05) is 12.1 Å². The Labute approximate surface area is 136 Å². The Kier molecular flexibility index (Phi) is 5.56. The minimum absolute atomic E-state index is 0.222. The summed E-state index contributed by atoms with van der Waals surface area (Å²) in [4.78, 5) is 0. The maximum absolute atomic E-state index is 13.2. The highest BCUT2D eigenvalue weighted by molar-refractivity contribution is 9.10. The van der Waals surface area contributed by atoms with Crippen molar-refractivity contribution in [3.63, 3.8) is 0 Å². The Morgan fingerprint density at radius 3 is 2.82 bits per heavy atom. The highest BCUT2D eigenvalue weighted by Crippen LogP contribution is 2.37. The van der Waals surface area contributed by atoms with Crippen LogP contribution in [0.5, 0.6) is 11.5 Å². The fourth-order valence-electron chi connectivity index (χ4n) is 1.89. The maximum Gasteiger partial charge on any atom is 0.175 e. The summed E-state index contributed by atoms with van der Waals surface area (Å²) in [5.41, 5.74) is 1.53. The zero-order chi connectivity index (χ0) is 15.9. The lowest BCUT2D eigenvalue weighted by atomic mass is 10.2. The third kappa shape index (κ3) is 4.09. The van der Waals surface area contributed by atoms with E-state index >= 15 is 0 Å². The quantitative estimate of drug-likeness (QED) is 0.724. The molecule has 0 N–H and O–H groups in total. The van der Waals surface area contributed by atoms with Gasteiger partial charge >= 0.3 is 0 Å². The Balaban J connectivity index is 2.23. The molecule has 5 heteroatoms. The number of nitrogens with zero attached hydrogens (tertiary/aromatic N) is 1. The molecule has 2 rings (SSSR count). The molecule has 3 nitrogen and oxygen atoms in total. The van der Waals surface area contributed by atoms with Gasteiger partial charge in [0.05, 0.1) is 17.7 Å². The average molecular weight is 362 g/mol. The molecule has 2 aromatic rings. The van der Waals surface area contributed by atoms with Gasteiger partial charge in [0.25, 0.3) is 0 Å². The number of hydrogen-bond acceptors (Lipinski definition) is 3. The van der Waals surface area contributed by atoms with Gasteiger partial charge in [-0.2, -0.15) is 5.26 Å². The van der Waals surface area contributed by atoms with Crippen molar-refractivity contribution in [1.82, 2.24) is 0 Å². The second-order valence-electron chi connectivity index (χ2n) is 4.42. The van der Waals surface area contributed by atoms with Crippen LogP contribution < -0.4 is 9.47 Å². The summed E-state index contributed by atoms with van der Waals surface area (Å²) in [6.07, 6.45) is 3.05. The molecule has 22 heavy (non-hydrogen) atoms. The average Bonchev–Trinajstić information content (AvgIpc) is 2.51. The first kappa shape index (κ1) is 16.1. The summed E-state index contributed by atoms with van der Waals surface area (Å²) in [6, 6.07) is 11.7. The molecule has 0 amide bonds. The topological polar surface area (TPSA) is 42.2 Å². The molecule has 0 heterocycles. The molecular formula is C17H13BrFNO2. The number of ether oxygens (including phenoxy) is 2. The molecule has 112 valence electrons. The third-order valence-corrected chi connectivity index (χ3v) is 3.46. The minimum atomic E-state index is -0.302. The molecule has 0 aliphatic rings. The summed E-state index contributed by atoms with van der Waals surface area (Å²) in [7, 11) is 1.54. The molecule has 0 bridgehead atoms. The van der Waals surface area contributed by atoms with Gasteiger partial charge in [0.15, 0.2) is 11.5 Å². The Morgan fingerprint density at radius 1 is 1.32 bits per heavy atom. The van der Waals surface area contributed by atoms with E-state index in [9.17, 15) is 4.39 Å². The second kappa shape index (κ2) is 7.62. The fourth-order valence-corrected chi connectivity index (χ4v) is 2.47. The lowest BCUT2D eigenvalue weighted by Gasteiger charge is -2.13. The summed E-state index contributed by atoms with van der Waals surface area (Å²) < 4.78 is 24.9. The lowest BCUT2D eigenvalue weighted by Crippen LogP contribution is -1.99. The van der Waals surface area contributed by atoms with Crippen molar-refractivity contribution in [2.75, 3.05) is 7.11 Å². The van der Waals surface area contributed by atoms with Crippen LogP contribution in [0.15, 0.2) is 46.9 Å². The predicted octanol–water partition coefficient (Wildman–Crippen LogP) is 4.71. The predicted molar refractivity (Wildman–Crippen MR) is 86.1 cm³/mol. The van der Waals surface area contributed by atoms with E-state index in [-0.39, 0.29) is 12.4 Å². The Bertz CT molecular complexity index is 738. The van der Waals surface area contributed by atoms with Crippen LogP contribution in [-0.2, 0) is 6.61 Å². The SMILES string of the molecule is COc1cc(/C=C/C#N)cc(Br)c1OCc1cccc(F)c1. The van der Waals surface area contributed by atoms with Gasteiger partial charge in [-0.25, -0.2) is 4.39 Å². The van der Waals surface area contributed by atoms with Crippen molar-refractivity contribution >= 4 is 22.0 Å². The molecule has 0 spiro atoms. The molecule has 0 radical (unpaired) electrons. The summed E-state index contributed by atoms with van der Waals surface area (Å²) in [5, 5.41) is 8.58. The normalized spacial score (nSPS) is 10.5. The fraction of sp³-hybridized carbons (Fsp3) is 0.118.